The molecule has 28 heavy (non-hydrogen) atoms. The molecule has 2 aromatic rings. The molecule has 0 aliphatic carbocycles. The van der Waals surface area contributed by atoms with Gasteiger partial charge >= 0.3 is 5.97 Å². The Labute approximate surface area is 165 Å². The molecule has 1 heterocycles. The number of morpholine rings is 1. The number of hydrogen-bond donors (Lipinski definition) is 1. The lowest BCUT2D eigenvalue weighted by Gasteiger charge is -2.30. The summed E-state index contributed by atoms with van der Waals surface area (Å²) in [4.78, 5) is 27.2. The van der Waals surface area contributed by atoms with Gasteiger partial charge in [0.05, 0.1) is 31.1 Å². The Bertz CT molecular complexity index is 873. The number of carbonyl (C=O) groups is 2. The Balaban J connectivity index is 1.86. The van der Waals surface area contributed by atoms with Crippen molar-refractivity contribution >= 4 is 23.3 Å². The van der Waals surface area contributed by atoms with Gasteiger partial charge in [-0.05, 0) is 62.2 Å². The van der Waals surface area contributed by atoms with Crippen LogP contribution in [0.4, 0.5) is 11.4 Å². The van der Waals surface area contributed by atoms with Crippen LogP contribution in [-0.2, 0) is 9.47 Å². The summed E-state index contributed by atoms with van der Waals surface area (Å²) in [5.74, 6) is -0.608. The molecule has 0 spiro atoms. The number of rotatable bonds is 5. The van der Waals surface area contributed by atoms with E-state index in [0.29, 0.717) is 49.7 Å². The van der Waals surface area contributed by atoms with E-state index in [2.05, 4.69) is 10.2 Å². The fourth-order valence-electron chi connectivity index (χ4n) is 3.15. The van der Waals surface area contributed by atoms with Crippen molar-refractivity contribution in [2.45, 2.75) is 20.8 Å². The third-order valence-electron chi connectivity index (χ3n) is 4.87. The van der Waals surface area contributed by atoms with Gasteiger partial charge in [-0.1, -0.05) is 6.07 Å². The molecule has 148 valence electrons. The Morgan fingerprint density at radius 3 is 2.50 bits per heavy atom. The predicted octanol–water partition coefficient (Wildman–Crippen LogP) is 3.57. The van der Waals surface area contributed by atoms with Crippen LogP contribution in [0.1, 0.15) is 38.8 Å². The molecule has 1 aliphatic heterocycles. The Morgan fingerprint density at radius 1 is 1.07 bits per heavy atom. The smallest absolute Gasteiger partial charge is 0.340 e. The van der Waals surface area contributed by atoms with E-state index in [1.54, 1.807) is 19.1 Å². The van der Waals surface area contributed by atoms with Gasteiger partial charge in [0.2, 0.25) is 0 Å². The van der Waals surface area contributed by atoms with Crippen molar-refractivity contribution in [3.05, 3.63) is 58.7 Å². The van der Waals surface area contributed by atoms with Gasteiger partial charge in [-0.15, -0.1) is 0 Å². The molecule has 1 N–H and O–H groups in total. The zero-order valence-electron chi connectivity index (χ0n) is 16.6. The predicted molar refractivity (Wildman–Crippen MR) is 109 cm³/mol. The van der Waals surface area contributed by atoms with Gasteiger partial charge in [-0.2, -0.15) is 0 Å². The van der Waals surface area contributed by atoms with Crippen molar-refractivity contribution in [1.82, 2.24) is 0 Å². The number of nitrogens with one attached hydrogen (secondary N) is 1. The van der Waals surface area contributed by atoms with E-state index in [0.717, 1.165) is 16.8 Å². The quantitative estimate of drug-likeness (QED) is 0.801. The van der Waals surface area contributed by atoms with Crippen molar-refractivity contribution in [1.29, 1.82) is 0 Å². The van der Waals surface area contributed by atoms with Crippen molar-refractivity contribution in [3.8, 4) is 0 Å². The molecule has 3 rings (SSSR count). The highest BCUT2D eigenvalue weighted by Gasteiger charge is 2.21. The largest absolute Gasteiger partial charge is 0.462 e. The second-order valence-corrected chi connectivity index (χ2v) is 6.80. The Kier molecular flexibility index (Phi) is 6.31. The van der Waals surface area contributed by atoms with Crippen LogP contribution < -0.4 is 10.2 Å². The molecule has 1 amide bonds. The van der Waals surface area contributed by atoms with E-state index in [1.807, 2.05) is 38.1 Å². The molecule has 0 radical (unpaired) electrons. The average Bonchev–Trinajstić information content (AvgIpc) is 2.70. The summed E-state index contributed by atoms with van der Waals surface area (Å²) in [7, 11) is 0. The Hall–Kier alpha value is -2.86. The topological polar surface area (TPSA) is 67.9 Å². The first-order valence-corrected chi connectivity index (χ1v) is 9.52. The highest BCUT2D eigenvalue weighted by atomic mass is 16.5. The third-order valence-corrected chi connectivity index (χ3v) is 4.87. The number of hydrogen-bond acceptors (Lipinski definition) is 5. The van der Waals surface area contributed by atoms with Gasteiger partial charge in [0.25, 0.3) is 5.91 Å². The fraction of sp³-hybridized carbons (Fsp3) is 0.364. The first-order valence-electron chi connectivity index (χ1n) is 9.52. The van der Waals surface area contributed by atoms with E-state index < -0.39 is 5.97 Å². The number of aryl methyl sites for hydroxylation is 2. The summed E-state index contributed by atoms with van der Waals surface area (Å²) in [6, 6.07) is 10.9. The van der Waals surface area contributed by atoms with Gasteiger partial charge in [-0.25, -0.2) is 4.79 Å². The van der Waals surface area contributed by atoms with Crippen LogP contribution in [-0.4, -0.2) is 44.8 Å². The minimum Gasteiger partial charge on any atom is -0.462 e. The number of amides is 1. The summed E-state index contributed by atoms with van der Waals surface area (Å²) in [6.45, 7) is 8.70. The zero-order chi connectivity index (χ0) is 20.1. The molecular formula is C22H26N2O4. The lowest BCUT2D eigenvalue weighted by atomic mass is 10.1. The maximum absolute atomic E-state index is 12.6. The molecule has 0 unspecified atom stereocenters. The SMILES string of the molecule is CCOC(=O)c1cc(NC(=O)c2ccc(C)c(C)c2)ccc1N1CCOCC1. The molecule has 1 saturated heterocycles. The van der Waals surface area contributed by atoms with E-state index in [1.165, 1.54) is 0 Å². The highest BCUT2D eigenvalue weighted by molar-refractivity contribution is 6.05. The van der Waals surface area contributed by atoms with Crippen LogP contribution in [0.2, 0.25) is 0 Å². The van der Waals surface area contributed by atoms with Gasteiger partial charge in [0.15, 0.2) is 0 Å². The maximum Gasteiger partial charge on any atom is 0.340 e. The number of benzene rings is 2. The first-order chi connectivity index (χ1) is 13.5. The second kappa shape index (κ2) is 8.89. The number of anilines is 2. The average molecular weight is 382 g/mol. The minimum atomic E-state index is -0.397. The molecule has 2 aromatic carbocycles. The highest BCUT2D eigenvalue weighted by Crippen LogP contribution is 2.26. The van der Waals surface area contributed by atoms with Gasteiger partial charge in [0.1, 0.15) is 0 Å². The minimum absolute atomic E-state index is 0.211. The lowest BCUT2D eigenvalue weighted by molar-refractivity contribution is 0.0526. The molecule has 1 fully saturated rings. The van der Waals surface area contributed by atoms with E-state index >= 15 is 0 Å². The van der Waals surface area contributed by atoms with E-state index in [4.69, 9.17) is 9.47 Å². The van der Waals surface area contributed by atoms with Gasteiger partial charge in [-0.3, -0.25) is 4.79 Å². The molecule has 1 aliphatic rings. The summed E-state index contributed by atoms with van der Waals surface area (Å²) < 4.78 is 10.6. The van der Waals surface area contributed by atoms with Crippen molar-refractivity contribution in [2.75, 3.05) is 43.1 Å². The normalized spacial score (nSPS) is 13.9. The summed E-state index contributed by atoms with van der Waals surface area (Å²) in [5, 5.41) is 2.88. The van der Waals surface area contributed by atoms with E-state index in [-0.39, 0.29) is 5.91 Å². The monoisotopic (exact) mass is 382 g/mol. The van der Waals surface area contributed by atoms with Crippen LogP contribution in [0.5, 0.6) is 0 Å². The van der Waals surface area contributed by atoms with Crippen molar-refractivity contribution < 1.29 is 19.1 Å². The number of carbonyl (C=O) groups excluding carboxylic acids is 2. The second-order valence-electron chi connectivity index (χ2n) is 6.80. The standard InChI is InChI=1S/C22H26N2O4/c1-4-28-22(26)19-14-18(7-8-20(19)24-9-11-27-12-10-24)23-21(25)17-6-5-15(2)16(3)13-17/h5-8,13-14H,4,9-12H2,1-3H3,(H,23,25). The molecule has 0 atom stereocenters. The summed E-state index contributed by atoms with van der Waals surface area (Å²) in [6.07, 6.45) is 0. The van der Waals surface area contributed by atoms with Crippen LogP contribution >= 0.6 is 0 Å². The zero-order valence-corrected chi connectivity index (χ0v) is 16.6. The number of nitrogens with zero attached hydrogens (tertiary/aromatic N) is 1. The third kappa shape index (κ3) is 4.51. The molecular weight excluding hydrogens is 356 g/mol. The van der Waals surface area contributed by atoms with Crippen LogP contribution in [0.3, 0.4) is 0 Å². The number of ether oxygens (including phenoxy) is 2. The van der Waals surface area contributed by atoms with Gasteiger partial charge in [0, 0.05) is 24.3 Å². The van der Waals surface area contributed by atoms with Crippen LogP contribution in [0.25, 0.3) is 0 Å². The summed E-state index contributed by atoms with van der Waals surface area (Å²) in [5.41, 5.74) is 4.58. The Morgan fingerprint density at radius 2 is 1.82 bits per heavy atom. The molecule has 6 heteroatoms. The van der Waals surface area contributed by atoms with E-state index in [9.17, 15) is 9.59 Å². The van der Waals surface area contributed by atoms with Crippen LogP contribution in [0, 0.1) is 13.8 Å². The fourth-order valence-corrected chi connectivity index (χ4v) is 3.15. The molecule has 0 aromatic heterocycles. The number of esters is 1. The maximum atomic E-state index is 12.6. The lowest BCUT2D eigenvalue weighted by Crippen LogP contribution is -2.37. The van der Waals surface area contributed by atoms with Gasteiger partial charge < -0.3 is 19.7 Å². The molecule has 0 saturated carbocycles. The molecule has 0 bridgehead atoms. The molecule has 6 nitrogen and oxygen atoms in total. The van der Waals surface area contributed by atoms with Crippen LogP contribution in [0.15, 0.2) is 36.4 Å². The summed E-state index contributed by atoms with van der Waals surface area (Å²) >= 11 is 0. The first kappa shape index (κ1) is 19.9. The van der Waals surface area contributed by atoms with Crippen molar-refractivity contribution in [3.63, 3.8) is 0 Å². The van der Waals surface area contributed by atoms with Crippen molar-refractivity contribution in [2.24, 2.45) is 0 Å².